The molecule has 0 aliphatic rings. The van der Waals surface area contributed by atoms with Crippen LogP contribution >= 0.6 is 0 Å². The van der Waals surface area contributed by atoms with E-state index in [1.54, 1.807) is 12.1 Å². The van der Waals surface area contributed by atoms with Crippen molar-refractivity contribution in [3.8, 4) is 0 Å². The van der Waals surface area contributed by atoms with E-state index in [-0.39, 0.29) is 11.7 Å². The number of nitrogens with two attached hydrogens (primary N) is 1. The van der Waals surface area contributed by atoms with Crippen molar-refractivity contribution in [2.75, 3.05) is 0 Å². The fourth-order valence-corrected chi connectivity index (χ4v) is 1.48. The smallest absolute Gasteiger partial charge is 0.201 e. The summed E-state index contributed by atoms with van der Waals surface area (Å²) in [5.41, 5.74) is 5.40. The molecule has 2 N–H and O–H groups in total. The summed E-state index contributed by atoms with van der Waals surface area (Å²) in [5.74, 6) is 1.28. The Morgan fingerprint density at radius 2 is 2.07 bits per heavy atom. The molecule has 0 spiro atoms. The lowest BCUT2D eigenvalue weighted by atomic mass is 9.97. The average molecular weight is 195 g/mol. The van der Waals surface area contributed by atoms with Gasteiger partial charge >= 0.3 is 0 Å². The van der Waals surface area contributed by atoms with E-state index in [1.165, 1.54) is 0 Å². The lowest BCUT2D eigenvalue weighted by Crippen LogP contribution is -2.12. The van der Waals surface area contributed by atoms with Crippen LogP contribution in [0.15, 0.2) is 16.5 Å². The maximum absolute atomic E-state index is 11.8. The molecule has 0 fully saturated rings. The van der Waals surface area contributed by atoms with Gasteiger partial charge in [0.2, 0.25) is 5.78 Å². The molecule has 78 valence electrons. The van der Waals surface area contributed by atoms with Crippen LogP contribution in [0.4, 0.5) is 0 Å². The first-order valence-electron chi connectivity index (χ1n) is 5.05. The molecule has 0 unspecified atom stereocenters. The normalized spacial score (nSPS) is 10.9. The Morgan fingerprint density at radius 3 is 2.50 bits per heavy atom. The van der Waals surface area contributed by atoms with Crippen LogP contribution in [0.2, 0.25) is 0 Å². The summed E-state index contributed by atoms with van der Waals surface area (Å²) in [4.78, 5) is 11.8. The standard InChI is InChI=1S/C11H17NO2/c1-3-8(4-2)11(13)10-6-5-9(7-12)14-10/h5-6,8H,3-4,7,12H2,1-2H3. The Kier molecular flexibility index (Phi) is 3.89. The molecular formula is C11H17NO2. The van der Waals surface area contributed by atoms with Gasteiger partial charge in [0.1, 0.15) is 5.76 Å². The van der Waals surface area contributed by atoms with Gasteiger partial charge < -0.3 is 10.2 Å². The summed E-state index contributed by atoms with van der Waals surface area (Å²) < 4.78 is 5.30. The van der Waals surface area contributed by atoms with Gasteiger partial charge in [-0.25, -0.2) is 0 Å². The molecule has 3 nitrogen and oxygen atoms in total. The molecule has 0 bridgehead atoms. The van der Waals surface area contributed by atoms with Gasteiger partial charge in [0.25, 0.3) is 0 Å². The Labute approximate surface area is 84.3 Å². The number of ketones is 1. The largest absolute Gasteiger partial charge is 0.457 e. The summed E-state index contributed by atoms with van der Waals surface area (Å²) in [6.45, 7) is 4.37. The van der Waals surface area contributed by atoms with E-state index in [0.717, 1.165) is 12.8 Å². The van der Waals surface area contributed by atoms with Crippen LogP contribution in [0.25, 0.3) is 0 Å². The second kappa shape index (κ2) is 4.96. The van der Waals surface area contributed by atoms with Crippen LogP contribution < -0.4 is 5.73 Å². The lowest BCUT2D eigenvalue weighted by Gasteiger charge is -2.07. The second-order valence-corrected chi connectivity index (χ2v) is 3.35. The molecule has 0 saturated heterocycles. The highest BCUT2D eigenvalue weighted by Crippen LogP contribution is 2.17. The van der Waals surface area contributed by atoms with Gasteiger partial charge in [-0.05, 0) is 25.0 Å². The minimum absolute atomic E-state index is 0.0757. The summed E-state index contributed by atoms with van der Waals surface area (Å²) >= 11 is 0. The van der Waals surface area contributed by atoms with Crippen LogP contribution in [0.1, 0.15) is 43.0 Å². The van der Waals surface area contributed by atoms with Crippen LogP contribution in [0, 0.1) is 5.92 Å². The third-order valence-corrected chi connectivity index (χ3v) is 2.46. The molecule has 0 aliphatic heterocycles. The Morgan fingerprint density at radius 1 is 1.43 bits per heavy atom. The highest BCUT2D eigenvalue weighted by molar-refractivity contribution is 5.95. The molecule has 0 radical (unpaired) electrons. The average Bonchev–Trinajstić information content (AvgIpc) is 2.67. The highest BCUT2D eigenvalue weighted by Gasteiger charge is 2.19. The molecule has 0 amide bonds. The molecule has 0 aromatic carbocycles. The van der Waals surface area contributed by atoms with Gasteiger partial charge in [0.05, 0.1) is 6.54 Å². The van der Waals surface area contributed by atoms with Gasteiger partial charge in [-0.2, -0.15) is 0 Å². The first-order valence-corrected chi connectivity index (χ1v) is 5.05. The topological polar surface area (TPSA) is 56.2 Å². The van der Waals surface area contributed by atoms with E-state index in [9.17, 15) is 4.79 Å². The number of carbonyl (C=O) groups is 1. The van der Waals surface area contributed by atoms with Crippen LogP contribution in [0.3, 0.4) is 0 Å². The van der Waals surface area contributed by atoms with E-state index in [1.807, 2.05) is 13.8 Å². The maximum Gasteiger partial charge on any atom is 0.201 e. The van der Waals surface area contributed by atoms with Gasteiger partial charge in [-0.15, -0.1) is 0 Å². The van der Waals surface area contributed by atoms with E-state index in [0.29, 0.717) is 18.1 Å². The molecule has 1 aromatic rings. The van der Waals surface area contributed by atoms with Crippen molar-refractivity contribution in [2.45, 2.75) is 33.2 Å². The summed E-state index contributed by atoms with van der Waals surface area (Å²) in [6.07, 6.45) is 1.71. The Balaban J connectivity index is 2.77. The Hall–Kier alpha value is -1.09. The van der Waals surface area contributed by atoms with Crippen LogP contribution in [-0.2, 0) is 6.54 Å². The van der Waals surface area contributed by atoms with Gasteiger partial charge in [-0.1, -0.05) is 13.8 Å². The third-order valence-electron chi connectivity index (χ3n) is 2.46. The van der Waals surface area contributed by atoms with E-state index in [2.05, 4.69) is 0 Å². The zero-order valence-electron chi connectivity index (χ0n) is 8.75. The van der Waals surface area contributed by atoms with Crippen LogP contribution in [0.5, 0.6) is 0 Å². The van der Waals surface area contributed by atoms with Crippen molar-refractivity contribution < 1.29 is 9.21 Å². The molecular weight excluding hydrogens is 178 g/mol. The van der Waals surface area contributed by atoms with Gasteiger partial charge in [-0.3, -0.25) is 4.79 Å². The first-order chi connectivity index (χ1) is 6.72. The zero-order valence-corrected chi connectivity index (χ0v) is 8.75. The van der Waals surface area contributed by atoms with Crippen molar-refractivity contribution in [3.63, 3.8) is 0 Å². The lowest BCUT2D eigenvalue weighted by molar-refractivity contribution is 0.0883. The maximum atomic E-state index is 11.8. The number of Topliss-reactive ketones (excluding diaryl/α,β-unsaturated/α-hetero) is 1. The number of carbonyl (C=O) groups excluding carboxylic acids is 1. The van der Waals surface area contributed by atoms with E-state index < -0.39 is 0 Å². The summed E-state index contributed by atoms with van der Waals surface area (Å²) in [6, 6.07) is 3.47. The molecule has 0 saturated carbocycles. The summed E-state index contributed by atoms with van der Waals surface area (Å²) in [5, 5.41) is 0. The number of hydrogen-bond acceptors (Lipinski definition) is 3. The van der Waals surface area contributed by atoms with E-state index >= 15 is 0 Å². The summed E-state index contributed by atoms with van der Waals surface area (Å²) in [7, 11) is 0. The van der Waals surface area contributed by atoms with Crippen LogP contribution in [-0.4, -0.2) is 5.78 Å². The Bertz CT molecular complexity index is 300. The van der Waals surface area contributed by atoms with Gasteiger partial charge in [0.15, 0.2) is 5.76 Å². The first kappa shape index (κ1) is 11.0. The highest BCUT2D eigenvalue weighted by atomic mass is 16.3. The van der Waals surface area contributed by atoms with Gasteiger partial charge in [0, 0.05) is 5.92 Å². The number of rotatable bonds is 5. The fraction of sp³-hybridized carbons (Fsp3) is 0.545. The van der Waals surface area contributed by atoms with Crippen molar-refractivity contribution in [3.05, 3.63) is 23.7 Å². The molecule has 1 heterocycles. The second-order valence-electron chi connectivity index (χ2n) is 3.35. The molecule has 1 rings (SSSR count). The quantitative estimate of drug-likeness (QED) is 0.734. The fourth-order valence-electron chi connectivity index (χ4n) is 1.48. The van der Waals surface area contributed by atoms with Crippen molar-refractivity contribution in [1.29, 1.82) is 0 Å². The SMILES string of the molecule is CCC(CC)C(=O)c1ccc(CN)o1. The number of hydrogen-bond donors (Lipinski definition) is 1. The molecule has 1 aromatic heterocycles. The molecule has 0 atom stereocenters. The van der Waals surface area contributed by atoms with E-state index in [4.69, 9.17) is 10.2 Å². The minimum Gasteiger partial charge on any atom is -0.457 e. The van der Waals surface area contributed by atoms with Crippen molar-refractivity contribution >= 4 is 5.78 Å². The number of furan rings is 1. The zero-order chi connectivity index (χ0) is 10.6. The molecule has 14 heavy (non-hydrogen) atoms. The minimum atomic E-state index is 0.0757. The third kappa shape index (κ3) is 2.23. The molecule has 3 heteroatoms. The van der Waals surface area contributed by atoms with Crippen molar-refractivity contribution in [1.82, 2.24) is 0 Å². The van der Waals surface area contributed by atoms with Crippen molar-refractivity contribution in [2.24, 2.45) is 11.7 Å². The monoisotopic (exact) mass is 195 g/mol. The predicted molar refractivity (Wildman–Crippen MR) is 55.0 cm³/mol. The molecule has 0 aliphatic carbocycles. The predicted octanol–water partition coefficient (Wildman–Crippen LogP) is 2.36.